The number of carbonyl (C=O) groups excluding carboxylic acids is 1. The van der Waals surface area contributed by atoms with Crippen LogP contribution < -0.4 is 5.48 Å². The van der Waals surface area contributed by atoms with Gasteiger partial charge in [-0.25, -0.2) is 9.37 Å². The van der Waals surface area contributed by atoms with E-state index >= 15 is 0 Å². The summed E-state index contributed by atoms with van der Waals surface area (Å²) in [4.78, 5) is 24.6. The molecule has 1 amide bonds. The van der Waals surface area contributed by atoms with Crippen LogP contribution in [0.2, 0.25) is 0 Å². The molecule has 1 aromatic carbocycles. The number of nitrogens with zero attached hydrogens (tertiary/aromatic N) is 4. The van der Waals surface area contributed by atoms with E-state index in [1.165, 1.54) is 24.3 Å². The molecule has 0 saturated carbocycles. The number of nitrogens with one attached hydrogen (secondary N) is 1. The number of hydroxylamine groups is 1. The summed E-state index contributed by atoms with van der Waals surface area (Å²) in [5.74, 6) is -0.434. The molecule has 2 aliphatic rings. The molecular formula is C24H23F4N5O2S. The van der Waals surface area contributed by atoms with Crippen LogP contribution in [0.4, 0.5) is 17.6 Å². The maximum atomic E-state index is 14.1. The lowest BCUT2D eigenvalue weighted by Gasteiger charge is -2.31. The van der Waals surface area contributed by atoms with Crippen molar-refractivity contribution in [1.82, 2.24) is 25.1 Å². The molecule has 0 radical (unpaired) electrons. The third-order valence-corrected chi connectivity index (χ3v) is 7.38. The van der Waals surface area contributed by atoms with Gasteiger partial charge in [-0.2, -0.15) is 18.3 Å². The lowest BCUT2D eigenvalue weighted by molar-refractivity contribution is -0.142. The average Bonchev–Trinajstić information content (AvgIpc) is 3.59. The van der Waals surface area contributed by atoms with Crippen LogP contribution in [-0.4, -0.2) is 38.7 Å². The maximum absolute atomic E-state index is 14.1. The third-order valence-electron chi connectivity index (χ3n) is 6.38. The zero-order valence-corrected chi connectivity index (χ0v) is 20.1. The molecule has 5 rings (SSSR count). The summed E-state index contributed by atoms with van der Waals surface area (Å²) in [5.41, 5.74) is 3.94. The Balaban J connectivity index is 1.18. The number of hydrogen-bond acceptors (Lipinski definition) is 6. The molecule has 1 atom stereocenters. The molecule has 3 aromatic rings. The molecule has 1 unspecified atom stereocenters. The van der Waals surface area contributed by atoms with Gasteiger partial charge in [0.1, 0.15) is 18.5 Å². The molecule has 1 fully saturated rings. The van der Waals surface area contributed by atoms with Gasteiger partial charge in [-0.3, -0.25) is 19.8 Å². The number of aryl methyl sites for hydroxylation is 1. The van der Waals surface area contributed by atoms with Gasteiger partial charge in [-0.1, -0.05) is 18.2 Å². The van der Waals surface area contributed by atoms with Crippen molar-refractivity contribution in [2.75, 3.05) is 13.1 Å². The van der Waals surface area contributed by atoms with E-state index in [-0.39, 0.29) is 29.9 Å². The van der Waals surface area contributed by atoms with Crippen molar-refractivity contribution in [3.63, 3.8) is 0 Å². The number of hydrogen-bond donors (Lipinski definition) is 1. The number of piperidine rings is 1. The van der Waals surface area contributed by atoms with Gasteiger partial charge in [0.25, 0.3) is 0 Å². The van der Waals surface area contributed by atoms with Crippen molar-refractivity contribution in [2.24, 2.45) is 0 Å². The minimum atomic E-state index is -4.54. The summed E-state index contributed by atoms with van der Waals surface area (Å²) in [7, 11) is 0. The molecule has 0 aliphatic carbocycles. The molecule has 0 spiro atoms. The predicted octanol–water partition coefficient (Wildman–Crippen LogP) is 4.83. The van der Waals surface area contributed by atoms with Crippen LogP contribution >= 0.6 is 11.3 Å². The maximum Gasteiger partial charge on any atom is 0.435 e. The monoisotopic (exact) mass is 521 g/mol. The minimum absolute atomic E-state index is 0.168. The van der Waals surface area contributed by atoms with Gasteiger partial charge in [0.15, 0.2) is 5.69 Å². The highest BCUT2D eigenvalue weighted by Crippen LogP contribution is 2.34. The first-order valence-electron chi connectivity index (χ1n) is 11.4. The second-order valence-corrected chi connectivity index (χ2v) is 9.68. The van der Waals surface area contributed by atoms with Gasteiger partial charge in [0.05, 0.1) is 16.4 Å². The van der Waals surface area contributed by atoms with Crippen LogP contribution in [0.1, 0.15) is 52.5 Å². The van der Waals surface area contributed by atoms with E-state index in [2.05, 4.69) is 10.6 Å². The summed E-state index contributed by atoms with van der Waals surface area (Å²) < 4.78 is 53.8. The average molecular weight is 522 g/mol. The summed E-state index contributed by atoms with van der Waals surface area (Å²) >= 11 is 1.52. The van der Waals surface area contributed by atoms with E-state index < -0.39 is 18.0 Å². The Hall–Kier alpha value is -3.25. The van der Waals surface area contributed by atoms with Gasteiger partial charge in [0.2, 0.25) is 5.91 Å². The molecule has 0 bridgehead atoms. The summed E-state index contributed by atoms with van der Waals surface area (Å²) in [6.45, 7) is 2.26. The highest BCUT2D eigenvalue weighted by Gasteiger charge is 2.35. The Morgan fingerprint density at radius 1 is 1.25 bits per heavy atom. The topological polar surface area (TPSA) is 72.3 Å². The number of rotatable bonds is 5. The standard InChI is InChI=1S/C24H23F4N5O2S/c1-14-10-21(24(26,27)28)30-33(14)12-22(34)32-8-6-15(7-9-32)23-29-19(13-36-23)18-11-20(35-31-18)16-4-2-3-5-17(16)25/h2-5,10-11,13,15,20,31H,6-9,12H2,1H3. The number of thiazole rings is 1. The van der Waals surface area contributed by atoms with E-state index in [1.54, 1.807) is 29.2 Å². The Kier molecular flexibility index (Phi) is 6.56. The first kappa shape index (κ1) is 24.4. The van der Waals surface area contributed by atoms with Gasteiger partial charge in [-0.15, -0.1) is 11.3 Å². The third kappa shape index (κ3) is 5.00. The van der Waals surface area contributed by atoms with E-state index in [4.69, 9.17) is 9.82 Å². The summed E-state index contributed by atoms with van der Waals surface area (Å²) in [5, 5.41) is 6.39. The second-order valence-electron chi connectivity index (χ2n) is 8.79. The Bertz CT molecular complexity index is 1290. The van der Waals surface area contributed by atoms with E-state index in [0.29, 0.717) is 42.9 Å². The normalized spacial score (nSPS) is 18.9. The molecule has 1 saturated heterocycles. The van der Waals surface area contributed by atoms with Crippen LogP contribution in [0.25, 0.3) is 5.70 Å². The zero-order chi connectivity index (χ0) is 25.4. The zero-order valence-electron chi connectivity index (χ0n) is 19.3. The van der Waals surface area contributed by atoms with Crippen molar-refractivity contribution in [1.29, 1.82) is 0 Å². The lowest BCUT2D eigenvalue weighted by atomic mass is 9.97. The molecule has 1 N–H and O–H groups in total. The van der Waals surface area contributed by atoms with E-state index in [1.807, 2.05) is 5.38 Å². The lowest BCUT2D eigenvalue weighted by Crippen LogP contribution is -2.40. The van der Waals surface area contributed by atoms with Crippen LogP contribution in [0.3, 0.4) is 0 Å². The first-order chi connectivity index (χ1) is 17.2. The van der Waals surface area contributed by atoms with Crippen molar-refractivity contribution in [3.05, 3.63) is 75.3 Å². The molecule has 2 aromatic heterocycles. The van der Waals surface area contributed by atoms with Crippen LogP contribution in [0, 0.1) is 12.7 Å². The highest BCUT2D eigenvalue weighted by atomic mass is 32.1. The van der Waals surface area contributed by atoms with Gasteiger partial charge in [0, 0.05) is 35.6 Å². The number of carbonyl (C=O) groups is 1. The summed E-state index contributed by atoms with van der Waals surface area (Å²) in [6, 6.07) is 7.38. The van der Waals surface area contributed by atoms with Gasteiger partial charge in [-0.05, 0) is 38.0 Å². The number of benzene rings is 1. The highest BCUT2D eigenvalue weighted by molar-refractivity contribution is 7.09. The fourth-order valence-corrected chi connectivity index (χ4v) is 5.35. The van der Waals surface area contributed by atoms with Crippen LogP contribution in [0.15, 0.2) is 41.8 Å². The largest absolute Gasteiger partial charge is 0.435 e. The number of alkyl halides is 3. The van der Waals surface area contributed by atoms with Crippen molar-refractivity contribution in [2.45, 2.75) is 44.5 Å². The van der Waals surface area contributed by atoms with Gasteiger partial charge >= 0.3 is 6.18 Å². The van der Waals surface area contributed by atoms with Crippen LogP contribution in [-0.2, 0) is 22.4 Å². The molecule has 36 heavy (non-hydrogen) atoms. The molecule has 7 nitrogen and oxygen atoms in total. The van der Waals surface area contributed by atoms with Crippen molar-refractivity contribution in [3.8, 4) is 0 Å². The minimum Gasteiger partial charge on any atom is -0.341 e. The number of aromatic nitrogens is 3. The SMILES string of the molecule is Cc1cc(C(F)(F)F)nn1CC(=O)N1CCC(c2nc(C3=CC(c4ccccc4F)ON3)cs2)CC1. The van der Waals surface area contributed by atoms with Gasteiger partial charge < -0.3 is 4.90 Å². The van der Waals surface area contributed by atoms with Crippen molar-refractivity contribution < 1.29 is 27.2 Å². The Morgan fingerprint density at radius 2 is 2.00 bits per heavy atom. The Labute approximate surface area is 208 Å². The van der Waals surface area contributed by atoms with E-state index in [0.717, 1.165) is 15.8 Å². The van der Waals surface area contributed by atoms with Crippen molar-refractivity contribution >= 4 is 22.9 Å². The van der Waals surface area contributed by atoms with E-state index in [9.17, 15) is 22.4 Å². The fraction of sp³-hybridized carbons (Fsp3) is 0.375. The molecule has 12 heteroatoms. The quantitative estimate of drug-likeness (QED) is 0.487. The fourth-order valence-electron chi connectivity index (χ4n) is 4.35. The second kappa shape index (κ2) is 9.66. The Morgan fingerprint density at radius 3 is 2.69 bits per heavy atom. The van der Waals surface area contributed by atoms with Crippen LogP contribution in [0.5, 0.6) is 0 Å². The number of amides is 1. The number of likely N-dealkylation sites (tertiary alicyclic amines) is 1. The predicted molar refractivity (Wildman–Crippen MR) is 124 cm³/mol. The molecule has 190 valence electrons. The molecular weight excluding hydrogens is 498 g/mol. The molecule has 4 heterocycles. The first-order valence-corrected chi connectivity index (χ1v) is 12.3. The summed E-state index contributed by atoms with van der Waals surface area (Å²) in [6.07, 6.45) is -1.90. The smallest absolute Gasteiger partial charge is 0.341 e. The number of halogens is 4. The molecule has 2 aliphatic heterocycles.